The van der Waals surface area contributed by atoms with Gasteiger partial charge in [0.15, 0.2) is 0 Å². The molecular weight excluding hydrogens is 404 g/mol. The van der Waals surface area contributed by atoms with Crippen LogP contribution in [0.3, 0.4) is 0 Å². The molecule has 0 bridgehead atoms. The maximum Gasteiger partial charge on any atom is 0.417 e. The lowest BCUT2D eigenvalue weighted by molar-refractivity contribution is -0.143. The van der Waals surface area contributed by atoms with Crippen molar-refractivity contribution >= 4 is 11.9 Å². The molecule has 156 valence electrons. The highest BCUT2D eigenvalue weighted by Gasteiger charge is 2.36. The number of hydrogen-bond donors (Lipinski definition) is 1. The Morgan fingerprint density at radius 3 is 2.03 bits per heavy atom. The minimum Gasteiger partial charge on any atom is -0.467 e. The van der Waals surface area contributed by atoms with E-state index < -0.39 is 47.0 Å². The third-order valence-corrected chi connectivity index (χ3v) is 3.99. The van der Waals surface area contributed by atoms with Gasteiger partial charge in [-0.05, 0) is 29.8 Å². The highest BCUT2D eigenvalue weighted by Crippen LogP contribution is 2.32. The molecule has 10 heteroatoms. The van der Waals surface area contributed by atoms with Crippen LogP contribution < -0.4 is 5.32 Å². The molecule has 0 aliphatic heterocycles. The monoisotopic (exact) mass is 419 g/mol. The summed E-state index contributed by atoms with van der Waals surface area (Å²) in [5.41, 5.74) is -2.53. The molecule has 0 unspecified atom stereocenters. The maximum atomic E-state index is 13.1. The SMILES string of the molecule is COC(=O)[C@H](Cc1ccc(C(F)(F)F)cc1)NC(=O)c1ccccc1C(F)(F)F. The number of rotatable bonds is 5. The molecule has 0 aliphatic rings. The molecule has 0 saturated carbocycles. The lowest BCUT2D eigenvalue weighted by Gasteiger charge is -2.19. The Morgan fingerprint density at radius 2 is 1.52 bits per heavy atom. The summed E-state index contributed by atoms with van der Waals surface area (Å²) in [4.78, 5) is 24.3. The van der Waals surface area contributed by atoms with Crippen molar-refractivity contribution in [3.05, 3.63) is 70.8 Å². The molecule has 0 aliphatic carbocycles. The number of esters is 1. The smallest absolute Gasteiger partial charge is 0.417 e. The van der Waals surface area contributed by atoms with Crippen LogP contribution >= 0.6 is 0 Å². The molecule has 0 saturated heterocycles. The van der Waals surface area contributed by atoms with Crippen LogP contribution in [0.25, 0.3) is 0 Å². The zero-order chi connectivity index (χ0) is 21.8. The fourth-order valence-corrected chi connectivity index (χ4v) is 2.57. The van der Waals surface area contributed by atoms with Crippen molar-refractivity contribution < 1.29 is 40.7 Å². The van der Waals surface area contributed by atoms with E-state index in [9.17, 15) is 35.9 Å². The normalized spacial score (nSPS) is 12.9. The Balaban J connectivity index is 2.24. The van der Waals surface area contributed by atoms with Gasteiger partial charge in [-0.15, -0.1) is 0 Å². The Morgan fingerprint density at radius 1 is 0.931 bits per heavy atom. The first-order chi connectivity index (χ1) is 13.4. The molecule has 1 amide bonds. The van der Waals surface area contributed by atoms with E-state index in [1.54, 1.807) is 0 Å². The zero-order valence-corrected chi connectivity index (χ0v) is 14.9. The van der Waals surface area contributed by atoms with Crippen LogP contribution in [0.15, 0.2) is 48.5 Å². The number of alkyl halides is 6. The Bertz CT molecular complexity index is 875. The molecule has 0 spiro atoms. The number of halogens is 6. The average molecular weight is 419 g/mol. The van der Waals surface area contributed by atoms with Crippen LogP contribution in [0, 0.1) is 0 Å². The summed E-state index contributed by atoms with van der Waals surface area (Å²) in [7, 11) is 1.01. The summed E-state index contributed by atoms with van der Waals surface area (Å²) in [6.45, 7) is 0. The van der Waals surface area contributed by atoms with Crippen molar-refractivity contribution in [3.8, 4) is 0 Å². The first-order valence-corrected chi connectivity index (χ1v) is 8.14. The van der Waals surface area contributed by atoms with Gasteiger partial charge < -0.3 is 10.1 Å². The maximum absolute atomic E-state index is 13.1. The summed E-state index contributed by atoms with van der Waals surface area (Å²) < 4.78 is 81.7. The average Bonchev–Trinajstić information content (AvgIpc) is 2.65. The first-order valence-electron chi connectivity index (χ1n) is 8.14. The molecular formula is C19H15F6NO3. The van der Waals surface area contributed by atoms with Crippen molar-refractivity contribution in [2.24, 2.45) is 0 Å². The number of ether oxygens (including phenoxy) is 1. The van der Waals surface area contributed by atoms with E-state index in [4.69, 9.17) is 0 Å². The standard InChI is InChI=1S/C19H15F6NO3/c1-29-17(28)15(10-11-6-8-12(9-7-11)18(20,21)22)26-16(27)13-4-2-3-5-14(13)19(23,24)25/h2-9,15H,10H2,1H3,(H,26,27)/t15-/m0/s1. The number of hydrogen-bond acceptors (Lipinski definition) is 3. The third-order valence-electron chi connectivity index (χ3n) is 3.99. The van der Waals surface area contributed by atoms with Crippen molar-refractivity contribution in [1.29, 1.82) is 0 Å². The van der Waals surface area contributed by atoms with Crippen LogP contribution in [0.4, 0.5) is 26.3 Å². The minimum atomic E-state index is -4.79. The van der Waals surface area contributed by atoms with Gasteiger partial charge >= 0.3 is 18.3 Å². The van der Waals surface area contributed by atoms with Gasteiger partial charge in [-0.1, -0.05) is 24.3 Å². The van der Waals surface area contributed by atoms with Gasteiger partial charge in [-0.3, -0.25) is 4.79 Å². The van der Waals surface area contributed by atoms with Crippen LogP contribution in [-0.4, -0.2) is 25.0 Å². The predicted molar refractivity (Wildman–Crippen MR) is 89.9 cm³/mol. The predicted octanol–water partition coefficient (Wildman–Crippen LogP) is 4.24. The molecule has 1 atom stereocenters. The van der Waals surface area contributed by atoms with Gasteiger partial charge in [0, 0.05) is 6.42 Å². The molecule has 0 fully saturated rings. The molecule has 2 aromatic carbocycles. The van der Waals surface area contributed by atoms with E-state index >= 15 is 0 Å². The van der Waals surface area contributed by atoms with Gasteiger partial charge in [0.05, 0.1) is 23.8 Å². The van der Waals surface area contributed by atoms with Gasteiger partial charge in [0.2, 0.25) is 0 Å². The second-order valence-electron chi connectivity index (χ2n) is 5.99. The van der Waals surface area contributed by atoms with Crippen molar-refractivity contribution in [2.75, 3.05) is 7.11 Å². The second-order valence-corrected chi connectivity index (χ2v) is 5.99. The summed E-state index contributed by atoms with van der Waals surface area (Å²) >= 11 is 0. The van der Waals surface area contributed by atoms with Gasteiger partial charge in [0.1, 0.15) is 6.04 Å². The van der Waals surface area contributed by atoms with Gasteiger partial charge in [-0.2, -0.15) is 26.3 Å². The number of benzene rings is 2. The molecule has 0 radical (unpaired) electrons. The van der Waals surface area contributed by atoms with Crippen LogP contribution in [-0.2, 0) is 28.3 Å². The highest BCUT2D eigenvalue weighted by molar-refractivity contribution is 5.98. The number of methoxy groups -OCH3 is 1. The fraction of sp³-hybridized carbons (Fsp3) is 0.263. The minimum absolute atomic E-state index is 0.248. The van der Waals surface area contributed by atoms with E-state index in [-0.39, 0.29) is 12.0 Å². The third kappa shape index (κ3) is 5.72. The van der Waals surface area contributed by atoms with Crippen molar-refractivity contribution in [2.45, 2.75) is 24.8 Å². The first kappa shape index (κ1) is 22.3. The van der Waals surface area contributed by atoms with Gasteiger partial charge in [-0.25, -0.2) is 4.79 Å². The number of amides is 1. The lowest BCUT2D eigenvalue weighted by Crippen LogP contribution is -2.43. The number of carbonyl (C=O) groups excluding carboxylic acids is 2. The van der Waals surface area contributed by atoms with Crippen LogP contribution in [0.1, 0.15) is 27.0 Å². The highest BCUT2D eigenvalue weighted by atomic mass is 19.4. The zero-order valence-electron chi connectivity index (χ0n) is 14.9. The molecule has 4 nitrogen and oxygen atoms in total. The second kappa shape index (κ2) is 8.54. The van der Waals surface area contributed by atoms with Crippen molar-refractivity contribution in [1.82, 2.24) is 5.32 Å². The van der Waals surface area contributed by atoms with Crippen LogP contribution in [0.5, 0.6) is 0 Å². The summed E-state index contributed by atoms with van der Waals surface area (Å²) in [6, 6.07) is 6.42. The van der Waals surface area contributed by atoms with E-state index in [0.29, 0.717) is 0 Å². The topological polar surface area (TPSA) is 55.4 Å². The van der Waals surface area contributed by atoms with Gasteiger partial charge in [0.25, 0.3) is 5.91 Å². The molecule has 29 heavy (non-hydrogen) atoms. The van der Waals surface area contributed by atoms with Crippen molar-refractivity contribution in [3.63, 3.8) is 0 Å². The molecule has 0 heterocycles. The van der Waals surface area contributed by atoms with E-state index in [0.717, 1.165) is 49.6 Å². The van der Waals surface area contributed by atoms with E-state index in [1.165, 1.54) is 6.07 Å². The summed E-state index contributed by atoms with van der Waals surface area (Å²) in [5.74, 6) is -2.12. The Kier molecular flexibility index (Phi) is 6.55. The molecule has 0 aromatic heterocycles. The largest absolute Gasteiger partial charge is 0.467 e. The number of nitrogens with one attached hydrogen (secondary N) is 1. The molecule has 1 N–H and O–H groups in total. The van der Waals surface area contributed by atoms with Crippen LogP contribution in [0.2, 0.25) is 0 Å². The summed E-state index contributed by atoms with van der Waals surface area (Å²) in [5, 5.41) is 2.15. The number of carbonyl (C=O) groups is 2. The quantitative estimate of drug-likeness (QED) is 0.583. The van der Waals surface area contributed by atoms with E-state index in [1.807, 2.05) is 0 Å². The molecule has 2 aromatic rings. The Labute approximate surface area is 161 Å². The fourth-order valence-electron chi connectivity index (χ4n) is 2.57. The molecule has 2 rings (SSSR count). The van der Waals surface area contributed by atoms with E-state index in [2.05, 4.69) is 10.1 Å². The lowest BCUT2D eigenvalue weighted by atomic mass is 10.0. The summed E-state index contributed by atoms with van der Waals surface area (Å²) in [6.07, 6.45) is -9.61. The Hall–Kier alpha value is -3.04.